The highest BCUT2D eigenvalue weighted by molar-refractivity contribution is 9.10. The minimum absolute atomic E-state index is 0.823. The Hall–Kier alpha value is -2.26. The largest absolute Gasteiger partial charge is 0.398 e. The van der Waals surface area contributed by atoms with Gasteiger partial charge in [-0.3, -0.25) is 0 Å². The fraction of sp³-hybridized carbons (Fsp3) is 0.182. The fourth-order valence-corrected chi connectivity index (χ4v) is 4.00. The van der Waals surface area contributed by atoms with Gasteiger partial charge in [-0.05, 0) is 30.7 Å². The van der Waals surface area contributed by atoms with Gasteiger partial charge in [-0.15, -0.1) is 0 Å². The molecule has 0 bridgehead atoms. The lowest BCUT2D eigenvalue weighted by Crippen LogP contribution is -1.99. The number of para-hydroxylation sites is 2. The predicted molar refractivity (Wildman–Crippen MR) is 112 cm³/mol. The van der Waals surface area contributed by atoms with Crippen LogP contribution in [0.1, 0.15) is 19.8 Å². The summed E-state index contributed by atoms with van der Waals surface area (Å²) in [5.74, 6) is 0. The van der Waals surface area contributed by atoms with E-state index in [-0.39, 0.29) is 0 Å². The number of rotatable bonds is 4. The van der Waals surface area contributed by atoms with Gasteiger partial charge in [0.15, 0.2) is 0 Å². The number of nitrogens with zero attached hydrogens (tertiary/aromatic N) is 1. The Bertz CT molecular complexity index is 1060. The molecule has 25 heavy (non-hydrogen) atoms. The molecule has 2 N–H and O–H groups in total. The van der Waals surface area contributed by atoms with E-state index in [1.807, 2.05) is 12.1 Å². The summed E-state index contributed by atoms with van der Waals surface area (Å²) in [6.07, 6.45) is 2.33. The SMILES string of the molecule is CCCCn1c2ccc(Br)cc2c2cccc(-c3ccccc3N)c21. The summed E-state index contributed by atoms with van der Waals surface area (Å²) < 4.78 is 3.57. The zero-order chi connectivity index (χ0) is 17.4. The van der Waals surface area contributed by atoms with Crippen molar-refractivity contribution in [3.05, 3.63) is 65.1 Å². The van der Waals surface area contributed by atoms with E-state index in [0.717, 1.165) is 28.7 Å². The molecule has 2 nitrogen and oxygen atoms in total. The van der Waals surface area contributed by atoms with Gasteiger partial charge in [0, 0.05) is 44.1 Å². The van der Waals surface area contributed by atoms with Crippen molar-refractivity contribution >= 4 is 43.4 Å². The molecule has 126 valence electrons. The third-order valence-electron chi connectivity index (χ3n) is 4.83. The van der Waals surface area contributed by atoms with Gasteiger partial charge in [0.1, 0.15) is 0 Å². The molecular formula is C22H21BrN2. The van der Waals surface area contributed by atoms with Gasteiger partial charge >= 0.3 is 0 Å². The second-order valence-electron chi connectivity index (χ2n) is 6.46. The third kappa shape index (κ3) is 2.73. The zero-order valence-electron chi connectivity index (χ0n) is 14.3. The number of nitrogen functional groups attached to an aromatic ring is 1. The minimum atomic E-state index is 0.823. The van der Waals surface area contributed by atoms with Crippen molar-refractivity contribution in [1.82, 2.24) is 4.57 Å². The average Bonchev–Trinajstić information content (AvgIpc) is 2.93. The maximum atomic E-state index is 6.30. The smallest absolute Gasteiger partial charge is 0.0571 e. The van der Waals surface area contributed by atoms with Crippen molar-refractivity contribution in [1.29, 1.82) is 0 Å². The second kappa shape index (κ2) is 6.57. The second-order valence-corrected chi connectivity index (χ2v) is 7.37. The Morgan fingerprint density at radius 2 is 1.72 bits per heavy atom. The lowest BCUT2D eigenvalue weighted by Gasteiger charge is -2.12. The van der Waals surface area contributed by atoms with E-state index >= 15 is 0 Å². The lowest BCUT2D eigenvalue weighted by molar-refractivity contribution is 0.665. The van der Waals surface area contributed by atoms with Crippen LogP contribution in [0.5, 0.6) is 0 Å². The van der Waals surface area contributed by atoms with Crippen molar-refractivity contribution in [2.24, 2.45) is 0 Å². The number of aromatic nitrogens is 1. The molecule has 0 aliphatic heterocycles. The molecule has 0 fully saturated rings. The lowest BCUT2D eigenvalue weighted by atomic mass is 10.0. The number of nitrogens with two attached hydrogens (primary N) is 1. The summed E-state index contributed by atoms with van der Waals surface area (Å²) in [5, 5.41) is 2.57. The molecule has 0 atom stereocenters. The fourth-order valence-electron chi connectivity index (χ4n) is 3.64. The normalized spacial score (nSPS) is 11.4. The van der Waals surface area contributed by atoms with Crippen molar-refractivity contribution < 1.29 is 0 Å². The minimum Gasteiger partial charge on any atom is -0.398 e. The Kier molecular flexibility index (Phi) is 4.26. The van der Waals surface area contributed by atoms with E-state index < -0.39 is 0 Å². The molecule has 0 saturated heterocycles. The van der Waals surface area contributed by atoms with Gasteiger partial charge < -0.3 is 10.3 Å². The van der Waals surface area contributed by atoms with Gasteiger partial charge in [0.05, 0.1) is 5.52 Å². The third-order valence-corrected chi connectivity index (χ3v) is 5.32. The summed E-state index contributed by atoms with van der Waals surface area (Å²) in [5.41, 5.74) is 12.0. The van der Waals surface area contributed by atoms with Gasteiger partial charge in [-0.25, -0.2) is 0 Å². The van der Waals surface area contributed by atoms with E-state index in [0.29, 0.717) is 0 Å². The van der Waals surface area contributed by atoms with E-state index in [9.17, 15) is 0 Å². The van der Waals surface area contributed by atoms with Crippen molar-refractivity contribution in [2.75, 3.05) is 5.73 Å². The first-order chi connectivity index (χ1) is 12.2. The summed E-state index contributed by atoms with van der Waals surface area (Å²) in [6, 6.07) is 21.2. The molecule has 0 spiro atoms. The summed E-state index contributed by atoms with van der Waals surface area (Å²) in [4.78, 5) is 0. The maximum absolute atomic E-state index is 6.30. The maximum Gasteiger partial charge on any atom is 0.0571 e. The highest BCUT2D eigenvalue weighted by Crippen LogP contribution is 2.38. The standard InChI is InChI=1S/C22H21BrN2/c1-2-3-13-25-21-12-11-15(23)14-19(21)18-9-6-8-17(22(18)25)16-7-4-5-10-20(16)24/h4-12,14H,2-3,13,24H2,1H3. The first kappa shape index (κ1) is 16.2. The van der Waals surface area contributed by atoms with Crippen LogP contribution in [0, 0.1) is 0 Å². The molecule has 4 rings (SSSR count). The molecule has 0 unspecified atom stereocenters. The average molecular weight is 393 g/mol. The Balaban J connectivity index is 2.12. The van der Waals surface area contributed by atoms with Crippen molar-refractivity contribution in [3.8, 4) is 11.1 Å². The summed E-state index contributed by atoms with van der Waals surface area (Å²) >= 11 is 3.63. The van der Waals surface area contributed by atoms with E-state index in [2.05, 4.69) is 76.0 Å². The molecule has 0 saturated carbocycles. The quantitative estimate of drug-likeness (QED) is 0.389. The topological polar surface area (TPSA) is 30.9 Å². The number of halogens is 1. The highest BCUT2D eigenvalue weighted by atomic mass is 79.9. The molecule has 3 aromatic carbocycles. The van der Waals surface area contributed by atoms with Crippen LogP contribution >= 0.6 is 15.9 Å². The van der Waals surface area contributed by atoms with Gasteiger partial charge in [-0.2, -0.15) is 0 Å². The highest BCUT2D eigenvalue weighted by Gasteiger charge is 2.16. The number of hydrogen-bond acceptors (Lipinski definition) is 1. The number of benzene rings is 3. The molecular weight excluding hydrogens is 372 g/mol. The van der Waals surface area contributed by atoms with Crippen LogP contribution in [-0.4, -0.2) is 4.57 Å². The van der Waals surface area contributed by atoms with E-state index in [4.69, 9.17) is 5.73 Å². The number of anilines is 1. The van der Waals surface area contributed by atoms with Crippen LogP contribution in [0.15, 0.2) is 65.1 Å². The molecule has 4 aromatic rings. The zero-order valence-corrected chi connectivity index (χ0v) is 15.9. The predicted octanol–water partition coefficient (Wildman–Crippen LogP) is 6.61. The van der Waals surface area contributed by atoms with Crippen LogP contribution < -0.4 is 5.73 Å². The first-order valence-electron chi connectivity index (χ1n) is 8.76. The van der Waals surface area contributed by atoms with E-state index in [1.165, 1.54) is 33.8 Å². The van der Waals surface area contributed by atoms with Gasteiger partial charge in [0.25, 0.3) is 0 Å². The molecule has 0 amide bonds. The van der Waals surface area contributed by atoms with Gasteiger partial charge in [0.2, 0.25) is 0 Å². The monoisotopic (exact) mass is 392 g/mol. The summed E-state index contributed by atoms with van der Waals surface area (Å²) in [6.45, 7) is 3.25. The molecule has 1 heterocycles. The van der Waals surface area contributed by atoms with Gasteiger partial charge in [-0.1, -0.05) is 65.7 Å². The van der Waals surface area contributed by atoms with Crippen LogP contribution in [-0.2, 0) is 6.54 Å². The number of hydrogen-bond donors (Lipinski definition) is 1. The molecule has 0 radical (unpaired) electrons. The van der Waals surface area contributed by atoms with Crippen molar-refractivity contribution in [2.45, 2.75) is 26.3 Å². The Labute approximate surface area is 156 Å². The number of fused-ring (bicyclic) bond motifs is 3. The van der Waals surface area contributed by atoms with Crippen LogP contribution in [0.2, 0.25) is 0 Å². The van der Waals surface area contributed by atoms with Crippen molar-refractivity contribution in [3.63, 3.8) is 0 Å². The number of unbranched alkanes of at least 4 members (excludes halogenated alkanes) is 1. The van der Waals surface area contributed by atoms with E-state index in [1.54, 1.807) is 0 Å². The van der Waals surface area contributed by atoms with Crippen LogP contribution in [0.3, 0.4) is 0 Å². The Morgan fingerprint density at radius 3 is 2.52 bits per heavy atom. The first-order valence-corrected chi connectivity index (χ1v) is 9.55. The molecule has 1 aromatic heterocycles. The molecule has 3 heteroatoms. The van der Waals surface area contributed by atoms with Crippen LogP contribution in [0.25, 0.3) is 32.9 Å². The summed E-state index contributed by atoms with van der Waals surface area (Å²) in [7, 11) is 0. The molecule has 0 aliphatic rings. The van der Waals surface area contributed by atoms with Crippen LogP contribution in [0.4, 0.5) is 5.69 Å². The Morgan fingerprint density at radius 1 is 0.920 bits per heavy atom. The number of aryl methyl sites for hydroxylation is 1. The molecule has 0 aliphatic carbocycles.